The van der Waals surface area contributed by atoms with Gasteiger partial charge >= 0.3 is 5.97 Å². The van der Waals surface area contributed by atoms with Crippen molar-refractivity contribution in [1.82, 2.24) is 4.98 Å². The van der Waals surface area contributed by atoms with Crippen LogP contribution in [0.5, 0.6) is 0 Å². The van der Waals surface area contributed by atoms with Crippen molar-refractivity contribution in [2.75, 3.05) is 12.4 Å². The summed E-state index contributed by atoms with van der Waals surface area (Å²) in [5, 5.41) is 2.16. The van der Waals surface area contributed by atoms with Crippen molar-refractivity contribution in [3.63, 3.8) is 0 Å². The van der Waals surface area contributed by atoms with E-state index in [9.17, 15) is 4.79 Å². The van der Waals surface area contributed by atoms with Crippen LogP contribution in [0.1, 0.15) is 24.5 Å². The molecule has 1 aromatic carbocycles. The van der Waals surface area contributed by atoms with Crippen LogP contribution in [-0.4, -0.2) is 23.3 Å². The first-order chi connectivity index (χ1) is 9.61. The van der Waals surface area contributed by atoms with Crippen molar-refractivity contribution in [3.8, 4) is 0 Å². The number of carbonyl (C=O) groups excluding carboxylic acids is 1. The Balaban J connectivity index is 2.12. The summed E-state index contributed by atoms with van der Waals surface area (Å²) in [7, 11) is 0. The number of pyridine rings is 1. The highest BCUT2D eigenvalue weighted by Crippen LogP contribution is 2.26. The lowest BCUT2D eigenvalue weighted by atomic mass is 10.1. The molecule has 0 aliphatic rings. The molecule has 4 heteroatoms. The summed E-state index contributed by atoms with van der Waals surface area (Å²) in [4.78, 5) is 16.1. The molecule has 20 heavy (non-hydrogen) atoms. The molecule has 0 aliphatic carbocycles. The number of fused-ring (bicyclic) bond motifs is 1. The van der Waals surface area contributed by atoms with Gasteiger partial charge in [0.05, 0.1) is 23.6 Å². The summed E-state index contributed by atoms with van der Waals surface area (Å²) in [5.41, 5.74) is 3.36. The van der Waals surface area contributed by atoms with Crippen molar-refractivity contribution < 1.29 is 9.53 Å². The molecule has 0 saturated heterocycles. The third-order valence-electron chi connectivity index (χ3n) is 3.04. The van der Waals surface area contributed by atoms with Crippen LogP contribution in [0, 0.1) is 13.8 Å². The number of rotatable bonds is 5. The second-order valence-electron chi connectivity index (χ2n) is 4.66. The Labute approximate surface area is 123 Å². The molecule has 0 unspecified atom stereocenters. The Bertz CT molecular complexity index is 625. The van der Waals surface area contributed by atoms with E-state index in [2.05, 4.69) is 32.0 Å². The molecule has 1 aromatic heterocycles. The SMILES string of the molecule is CCOC(=O)CCSc1nc2c(C)cccc2cc1C. The van der Waals surface area contributed by atoms with E-state index >= 15 is 0 Å². The molecule has 0 N–H and O–H groups in total. The van der Waals surface area contributed by atoms with Gasteiger partial charge in [-0.05, 0) is 38.0 Å². The lowest BCUT2D eigenvalue weighted by Gasteiger charge is -2.08. The molecule has 0 aliphatic heterocycles. The van der Waals surface area contributed by atoms with E-state index in [4.69, 9.17) is 9.72 Å². The normalized spacial score (nSPS) is 10.8. The Hall–Kier alpha value is -1.55. The number of hydrogen-bond donors (Lipinski definition) is 0. The quantitative estimate of drug-likeness (QED) is 0.618. The van der Waals surface area contributed by atoms with Gasteiger partial charge in [0, 0.05) is 11.1 Å². The van der Waals surface area contributed by atoms with Gasteiger partial charge in [0.1, 0.15) is 0 Å². The maximum Gasteiger partial charge on any atom is 0.306 e. The highest BCUT2D eigenvalue weighted by atomic mass is 32.2. The second-order valence-corrected chi connectivity index (χ2v) is 5.74. The third kappa shape index (κ3) is 3.51. The average Bonchev–Trinajstić information content (AvgIpc) is 2.40. The number of carbonyl (C=O) groups is 1. The maximum absolute atomic E-state index is 11.3. The first kappa shape index (κ1) is 14.9. The van der Waals surface area contributed by atoms with Gasteiger partial charge in [-0.15, -0.1) is 11.8 Å². The first-order valence-electron chi connectivity index (χ1n) is 6.77. The molecule has 2 rings (SSSR count). The van der Waals surface area contributed by atoms with E-state index in [0.29, 0.717) is 18.8 Å². The van der Waals surface area contributed by atoms with Gasteiger partial charge in [-0.3, -0.25) is 4.79 Å². The molecule has 0 atom stereocenters. The van der Waals surface area contributed by atoms with Crippen molar-refractivity contribution in [2.45, 2.75) is 32.2 Å². The zero-order chi connectivity index (χ0) is 14.5. The van der Waals surface area contributed by atoms with Gasteiger partial charge in [-0.2, -0.15) is 0 Å². The van der Waals surface area contributed by atoms with Gasteiger partial charge in [-0.1, -0.05) is 18.2 Å². The molecular formula is C16H19NO2S. The number of esters is 1. The summed E-state index contributed by atoms with van der Waals surface area (Å²) in [6.45, 7) is 6.39. The van der Waals surface area contributed by atoms with E-state index < -0.39 is 0 Å². The maximum atomic E-state index is 11.3. The average molecular weight is 289 g/mol. The van der Waals surface area contributed by atoms with E-state index in [-0.39, 0.29) is 5.97 Å². The van der Waals surface area contributed by atoms with Crippen LogP contribution in [0.4, 0.5) is 0 Å². The van der Waals surface area contributed by atoms with E-state index in [1.807, 2.05) is 13.0 Å². The predicted octanol–water partition coefficient (Wildman–Crippen LogP) is 3.90. The predicted molar refractivity (Wildman–Crippen MR) is 83.2 cm³/mol. The largest absolute Gasteiger partial charge is 0.466 e. The van der Waals surface area contributed by atoms with Crippen LogP contribution in [0.2, 0.25) is 0 Å². The minimum absolute atomic E-state index is 0.144. The van der Waals surface area contributed by atoms with Gasteiger partial charge in [0.2, 0.25) is 0 Å². The zero-order valence-corrected chi connectivity index (χ0v) is 12.9. The summed E-state index contributed by atoms with van der Waals surface area (Å²) in [6.07, 6.45) is 0.422. The summed E-state index contributed by atoms with van der Waals surface area (Å²) < 4.78 is 4.93. The van der Waals surface area contributed by atoms with E-state index in [1.165, 1.54) is 5.56 Å². The third-order valence-corrected chi connectivity index (χ3v) is 4.14. The van der Waals surface area contributed by atoms with Crippen molar-refractivity contribution in [2.24, 2.45) is 0 Å². The van der Waals surface area contributed by atoms with E-state index in [0.717, 1.165) is 21.5 Å². The summed E-state index contributed by atoms with van der Waals surface area (Å²) in [6, 6.07) is 8.35. The number of ether oxygens (including phenoxy) is 1. The first-order valence-corrected chi connectivity index (χ1v) is 7.75. The lowest BCUT2D eigenvalue weighted by molar-refractivity contribution is -0.142. The van der Waals surface area contributed by atoms with Crippen LogP contribution in [0.15, 0.2) is 29.3 Å². The topological polar surface area (TPSA) is 39.2 Å². The number of para-hydroxylation sites is 1. The van der Waals surface area contributed by atoms with Gasteiger partial charge in [0.25, 0.3) is 0 Å². The number of nitrogens with zero attached hydrogens (tertiary/aromatic N) is 1. The van der Waals surface area contributed by atoms with Gasteiger partial charge in [0.15, 0.2) is 0 Å². The monoisotopic (exact) mass is 289 g/mol. The summed E-state index contributed by atoms with van der Waals surface area (Å²) in [5.74, 6) is 0.555. The Morgan fingerprint density at radius 2 is 2.10 bits per heavy atom. The standard InChI is InChI=1S/C16H19NO2S/c1-4-19-14(18)8-9-20-16-12(3)10-13-7-5-6-11(2)15(13)17-16/h5-7,10H,4,8-9H2,1-3H3. The van der Waals surface area contributed by atoms with Crippen molar-refractivity contribution in [1.29, 1.82) is 0 Å². The van der Waals surface area contributed by atoms with E-state index in [1.54, 1.807) is 11.8 Å². The van der Waals surface area contributed by atoms with Gasteiger partial charge in [-0.25, -0.2) is 4.98 Å². The highest BCUT2D eigenvalue weighted by molar-refractivity contribution is 7.99. The Kier molecular flexibility index (Phi) is 5.01. The van der Waals surface area contributed by atoms with Crippen LogP contribution in [0.25, 0.3) is 10.9 Å². The lowest BCUT2D eigenvalue weighted by Crippen LogP contribution is -2.04. The Morgan fingerprint density at radius 1 is 1.30 bits per heavy atom. The van der Waals surface area contributed by atoms with Gasteiger partial charge < -0.3 is 4.74 Å². The smallest absolute Gasteiger partial charge is 0.306 e. The molecule has 0 fully saturated rings. The fourth-order valence-electron chi connectivity index (χ4n) is 2.05. The molecule has 1 heterocycles. The number of hydrogen-bond acceptors (Lipinski definition) is 4. The molecule has 106 valence electrons. The fourth-order valence-corrected chi connectivity index (χ4v) is 2.95. The molecule has 0 bridgehead atoms. The van der Waals surface area contributed by atoms with Crippen LogP contribution >= 0.6 is 11.8 Å². The second kappa shape index (κ2) is 6.75. The highest BCUT2D eigenvalue weighted by Gasteiger charge is 2.08. The molecule has 0 saturated carbocycles. The Morgan fingerprint density at radius 3 is 2.85 bits per heavy atom. The van der Waals surface area contributed by atoms with Crippen molar-refractivity contribution >= 4 is 28.6 Å². The van der Waals surface area contributed by atoms with Crippen LogP contribution < -0.4 is 0 Å². The molecular weight excluding hydrogens is 270 g/mol. The van der Waals surface area contributed by atoms with Crippen LogP contribution in [-0.2, 0) is 9.53 Å². The molecule has 0 radical (unpaired) electrons. The van der Waals surface area contributed by atoms with Crippen molar-refractivity contribution in [3.05, 3.63) is 35.4 Å². The molecule has 3 nitrogen and oxygen atoms in total. The van der Waals surface area contributed by atoms with Crippen LogP contribution in [0.3, 0.4) is 0 Å². The zero-order valence-electron chi connectivity index (χ0n) is 12.1. The number of benzene rings is 1. The fraction of sp³-hybridized carbons (Fsp3) is 0.375. The summed E-state index contributed by atoms with van der Waals surface area (Å²) >= 11 is 1.61. The minimum Gasteiger partial charge on any atom is -0.466 e. The molecule has 0 amide bonds. The minimum atomic E-state index is -0.144. The number of thioether (sulfide) groups is 1. The molecule has 0 spiro atoms. The molecule has 2 aromatic rings. The number of aromatic nitrogens is 1. The number of aryl methyl sites for hydroxylation is 2.